The SMILES string of the molecule is CC(=O)Nc1cccc(NC(=O)CC2CCN(C3CC3)CC2)c1. The van der Waals surface area contributed by atoms with Crippen LogP contribution in [-0.2, 0) is 9.59 Å². The van der Waals surface area contributed by atoms with Crippen LogP contribution in [0.15, 0.2) is 24.3 Å². The van der Waals surface area contributed by atoms with Crippen LogP contribution in [0.1, 0.15) is 39.0 Å². The zero-order chi connectivity index (χ0) is 16.2. The number of likely N-dealkylation sites (tertiary alicyclic amines) is 1. The van der Waals surface area contributed by atoms with Crippen LogP contribution in [-0.4, -0.2) is 35.8 Å². The lowest BCUT2D eigenvalue weighted by atomic mass is 9.93. The Morgan fingerprint density at radius 2 is 1.74 bits per heavy atom. The van der Waals surface area contributed by atoms with Gasteiger partial charge >= 0.3 is 0 Å². The highest BCUT2D eigenvalue weighted by molar-refractivity contribution is 5.93. The highest BCUT2D eigenvalue weighted by atomic mass is 16.2. The fourth-order valence-corrected chi connectivity index (χ4v) is 3.31. The summed E-state index contributed by atoms with van der Waals surface area (Å²) in [7, 11) is 0. The Bertz CT molecular complexity index is 575. The van der Waals surface area contributed by atoms with E-state index >= 15 is 0 Å². The minimum absolute atomic E-state index is 0.0647. The largest absolute Gasteiger partial charge is 0.326 e. The van der Waals surface area contributed by atoms with Crippen molar-refractivity contribution in [2.45, 2.75) is 45.1 Å². The zero-order valence-corrected chi connectivity index (χ0v) is 13.7. The second kappa shape index (κ2) is 7.13. The summed E-state index contributed by atoms with van der Waals surface area (Å²) in [6, 6.07) is 8.11. The van der Waals surface area contributed by atoms with Crippen molar-refractivity contribution in [3.63, 3.8) is 0 Å². The molecule has 1 aromatic rings. The fraction of sp³-hybridized carbons (Fsp3) is 0.556. The number of nitrogens with zero attached hydrogens (tertiary/aromatic N) is 1. The minimum Gasteiger partial charge on any atom is -0.326 e. The molecule has 0 unspecified atom stereocenters. The van der Waals surface area contributed by atoms with Crippen LogP contribution in [0.2, 0.25) is 0 Å². The normalized spacial score (nSPS) is 19.3. The third-order valence-corrected chi connectivity index (χ3v) is 4.65. The molecule has 0 radical (unpaired) electrons. The predicted molar refractivity (Wildman–Crippen MR) is 91.3 cm³/mol. The van der Waals surface area contributed by atoms with E-state index in [1.54, 1.807) is 6.07 Å². The maximum Gasteiger partial charge on any atom is 0.224 e. The maximum absolute atomic E-state index is 12.2. The van der Waals surface area contributed by atoms with Gasteiger partial charge < -0.3 is 15.5 Å². The average molecular weight is 315 g/mol. The highest BCUT2D eigenvalue weighted by Crippen LogP contribution is 2.31. The molecule has 124 valence electrons. The molecule has 1 aliphatic carbocycles. The van der Waals surface area contributed by atoms with Crippen LogP contribution >= 0.6 is 0 Å². The molecule has 1 saturated heterocycles. The quantitative estimate of drug-likeness (QED) is 0.878. The van der Waals surface area contributed by atoms with Gasteiger partial charge in [0.05, 0.1) is 0 Å². The number of amides is 2. The topological polar surface area (TPSA) is 61.4 Å². The third-order valence-electron chi connectivity index (χ3n) is 4.65. The van der Waals surface area contributed by atoms with Gasteiger partial charge in [-0.25, -0.2) is 0 Å². The van der Waals surface area contributed by atoms with E-state index in [-0.39, 0.29) is 11.8 Å². The first-order valence-electron chi connectivity index (χ1n) is 8.52. The second-order valence-electron chi connectivity index (χ2n) is 6.72. The van der Waals surface area contributed by atoms with Gasteiger partial charge in [0.2, 0.25) is 11.8 Å². The molecular formula is C18H25N3O2. The maximum atomic E-state index is 12.2. The molecule has 1 saturated carbocycles. The number of rotatable bonds is 5. The summed E-state index contributed by atoms with van der Waals surface area (Å²) >= 11 is 0. The van der Waals surface area contributed by atoms with Crippen LogP contribution in [0.5, 0.6) is 0 Å². The summed E-state index contributed by atoms with van der Waals surface area (Å²) in [5.41, 5.74) is 1.43. The van der Waals surface area contributed by atoms with Gasteiger partial charge in [-0.05, 0) is 62.9 Å². The Kier molecular flexibility index (Phi) is 4.96. The van der Waals surface area contributed by atoms with Crippen LogP contribution in [0.3, 0.4) is 0 Å². The Hall–Kier alpha value is -1.88. The highest BCUT2D eigenvalue weighted by Gasteiger charge is 2.32. The van der Waals surface area contributed by atoms with Gasteiger partial charge in [-0.3, -0.25) is 9.59 Å². The summed E-state index contributed by atoms with van der Waals surface area (Å²) in [4.78, 5) is 25.9. The molecule has 2 aliphatic rings. The van der Waals surface area contributed by atoms with Crippen molar-refractivity contribution in [3.8, 4) is 0 Å². The van der Waals surface area contributed by atoms with Crippen LogP contribution < -0.4 is 10.6 Å². The molecule has 2 fully saturated rings. The Labute approximate surface area is 137 Å². The monoisotopic (exact) mass is 315 g/mol. The lowest BCUT2D eigenvalue weighted by Crippen LogP contribution is -2.36. The molecule has 0 spiro atoms. The van der Waals surface area contributed by atoms with Crippen molar-refractivity contribution < 1.29 is 9.59 Å². The zero-order valence-electron chi connectivity index (χ0n) is 13.7. The summed E-state index contributed by atoms with van der Waals surface area (Å²) in [5, 5.41) is 5.67. The van der Waals surface area contributed by atoms with E-state index in [0.29, 0.717) is 18.0 Å². The number of anilines is 2. The van der Waals surface area contributed by atoms with Crippen molar-refractivity contribution in [2.24, 2.45) is 5.92 Å². The summed E-state index contributed by atoms with van der Waals surface area (Å²) < 4.78 is 0. The molecule has 1 aromatic carbocycles. The van der Waals surface area contributed by atoms with E-state index in [2.05, 4.69) is 15.5 Å². The second-order valence-corrected chi connectivity index (χ2v) is 6.72. The molecule has 0 atom stereocenters. The van der Waals surface area contributed by atoms with Crippen LogP contribution in [0.4, 0.5) is 11.4 Å². The van der Waals surface area contributed by atoms with Crippen molar-refractivity contribution >= 4 is 23.2 Å². The third kappa shape index (κ3) is 4.79. The van der Waals surface area contributed by atoms with E-state index in [1.807, 2.05) is 18.2 Å². The van der Waals surface area contributed by atoms with Gasteiger partial charge in [-0.1, -0.05) is 6.07 Å². The lowest BCUT2D eigenvalue weighted by Gasteiger charge is -2.31. The molecule has 5 heteroatoms. The van der Waals surface area contributed by atoms with E-state index in [1.165, 1.54) is 19.8 Å². The smallest absolute Gasteiger partial charge is 0.224 e. The molecule has 2 N–H and O–H groups in total. The fourth-order valence-electron chi connectivity index (χ4n) is 3.31. The molecule has 0 bridgehead atoms. The number of piperidine rings is 1. The van der Waals surface area contributed by atoms with E-state index < -0.39 is 0 Å². The summed E-state index contributed by atoms with van der Waals surface area (Å²) in [6.45, 7) is 3.75. The Morgan fingerprint density at radius 3 is 2.35 bits per heavy atom. The first-order valence-corrected chi connectivity index (χ1v) is 8.52. The van der Waals surface area contributed by atoms with Crippen LogP contribution in [0.25, 0.3) is 0 Å². The van der Waals surface area contributed by atoms with E-state index in [9.17, 15) is 9.59 Å². The molecule has 23 heavy (non-hydrogen) atoms. The Morgan fingerprint density at radius 1 is 1.09 bits per heavy atom. The summed E-state index contributed by atoms with van der Waals surface area (Å²) in [5.74, 6) is 0.439. The first-order chi connectivity index (χ1) is 11.1. The lowest BCUT2D eigenvalue weighted by molar-refractivity contribution is -0.117. The predicted octanol–water partition coefficient (Wildman–Crippen LogP) is 2.85. The minimum atomic E-state index is -0.115. The number of nitrogens with one attached hydrogen (secondary N) is 2. The van der Waals surface area contributed by atoms with Gasteiger partial charge in [0.15, 0.2) is 0 Å². The molecule has 1 aliphatic heterocycles. The van der Waals surface area contributed by atoms with Crippen molar-refractivity contribution in [3.05, 3.63) is 24.3 Å². The van der Waals surface area contributed by atoms with Gasteiger partial charge in [0, 0.05) is 30.8 Å². The average Bonchev–Trinajstić information content (AvgIpc) is 3.32. The Balaban J connectivity index is 1.46. The molecule has 1 heterocycles. The first kappa shape index (κ1) is 16.0. The number of benzene rings is 1. The van der Waals surface area contributed by atoms with E-state index in [0.717, 1.165) is 37.7 Å². The van der Waals surface area contributed by atoms with Gasteiger partial charge in [-0.2, -0.15) is 0 Å². The molecule has 3 rings (SSSR count). The van der Waals surface area contributed by atoms with Crippen molar-refractivity contribution in [1.29, 1.82) is 0 Å². The number of carbonyl (C=O) groups is 2. The van der Waals surface area contributed by atoms with Gasteiger partial charge in [-0.15, -0.1) is 0 Å². The van der Waals surface area contributed by atoms with Gasteiger partial charge in [0.1, 0.15) is 0 Å². The number of hydrogen-bond acceptors (Lipinski definition) is 3. The molecule has 0 aromatic heterocycles. The van der Waals surface area contributed by atoms with Crippen molar-refractivity contribution in [1.82, 2.24) is 4.90 Å². The standard InChI is InChI=1S/C18H25N3O2/c1-13(22)19-15-3-2-4-16(12-15)20-18(23)11-14-7-9-21(10-8-14)17-5-6-17/h2-4,12,14,17H,5-11H2,1H3,(H,19,22)(H,20,23). The van der Waals surface area contributed by atoms with Crippen molar-refractivity contribution in [2.75, 3.05) is 23.7 Å². The molecule has 5 nitrogen and oxygen atoms in total. The van der Waals surface area contributed by atoms with E-state index in [4.69, 9.17) is 0 Å². The number of hydrogen-bond donors (Lipinski definition) is 2. The van der Waals surface area contributed by atoms with Crippen LogP contribution in [0, 0.1) is 5.92 Å². The van der Waals surface area contributed by atoms with Gasteiger partial charge in [0.25, 0.3) is 0 Å². The summed E-state index contributed by atoms with van der Waals surface area (Å²) in [6.07, 6.45) is 5.54. The number of carbonyl (C=O) groups excluding carboxylic acids is 2. The molecule has 2 amide bonds. The molecular weight excluding hydrogens is 290 g/mol.